The van der Waals surface area contributed by atoms with E-state index in [0.29, 0.717) is 5.92 Å². The summed E-state index contributed by atoms with van der Waals surface area (Å²) in [6, 6.07) is 8.72. The van der Waals surface area contributed by atoms with Gasteiger partial charge in [0.15, 0.2) is 5.82 Å². The number of fused-ring (bicyclic) bond motifs is 4. The minimum absolute atomic E-state index is 0.318. The van der Waals surface area contributed by atoms with Gasteiger partial charge in [0.2, 0.25) is 0 Å². The van der Waals surface area contributed by atoms with Crippen LogP contribution >= 0.6 is 23.1 Å². The van der Waals surface area contributed by atoms with Crippen LogP contribution in [0.3, 0.4) is 0 Å². The third kappa shape index (κ3) is 2.95. The molecule has 152 valence electrons. The van der Waals surface area contributed by atoms with E-state index in [1.54, 1.807) is 17.9 Å². The quantitative estimate of drug-likeness (QED) is 0.462. The first-order chi connectivity index (χ1) is 14.7. The summed E-state index contributed by atoms with van der Waals surface area (Å²) in [5.74, 6) is 1.41. The lowest BCUT2D eigenvalue weighted by Crippen LogP contribution is -2.26. The van der Waals surface area contributed by atoms with Crippen molar-refractivity contribution in [1.82, 2.24) is 29.4 Å². The van der Waals surface area contributed by atoms with Crippen molar-refractivity contribution >= 4 is 33.2 Å². The standard InChI is InChI=1S/C22H21ClN6S/c23-22(6-3-14(4-7-22)21-17-5-8-24-11-19(17)30-28-21)16-1-2-18-15(9-16)10-25-12-20-27-26-13-29(18)20/h1-2,5,8-9,11,13-14,25H,3-4,6-7,10,12H2. The number of alkyl halides is 1. The molecule has 8 heteroatoms. The molecule has 1 aliphatic carbocycles. The first-order valence-corrected chi connectivity index (χ1v) is 11.5. The molecular weight excluding hydrogens is 416 g/mol. The van der Waals surface area contributed by atoms with Crippen LogP contribution < -0.4 is 5.32 Å². The summed E-state index contributed by atoms with van der Waals surface area (Å²) in [6.45, 7) is 1.52. The lowest BCUT2D eigenvalue weighted by atomic mass is 9.76. The molecule has 4 aromatic rings. The summed E-state index contributed by atoms with van der Waals surface area (Å²) >= 11 is 8.78. The van der Waals surface area contributed by atoms with Gasteiger partial charge in [0.25, 0.3) is 0 Å². The maximum absolute atomic E-state index is 7.23. The van der Waals surface area contributed by atoms with E-state index >= 15 is 0 Å². The predicted molar refractivity (Wildman–Crippen MR) is 118 cm³/mol. The molecule has 0 spiro atoms. The summed E-state index contributed by atoms with van der Waals surface area (Å²) in [5, 5.41) is 13.0. The second-order valence-corrected chi connectivity index (χ2v) is 9.77. The fourth-order valence-electron chi connectivity index (χ4n) is 4.87. The van der Waals surface area contributed by atoms with Crippen LogP contribution in [0.5, 0.6) is 0 Å². The second-order valence-electron chi connectivity index (χ2n) is 8.24. The van der Waals surface area contributed by atoms with E-state index in [-0.39, 0.29) is 4.87 Å². The first kappa shape index (κ1) is 18.4. The van der Waals surface area contributed by atoms with E-state index in [4.69, 9.17) is 16.0 Å². The highest BCUT2D eigenvalue weighted by Gasteiger charge is 2.37. The number of halogens is 1. The monoisotopic (exact) mass is 436 g/mol. The van der Waals surface area contributed by atoms with Gasteiger partial charge in [0.05, 0.1) is 27.5 Å². The highest BCUT2D eigenvalue weighted by atomic mass is 35.5. The molecule has 1 aliphatic heterocycles. The summed E-state index contributed by atoms with van der Waals surface area (Å²) in [7, 11) is 0. The number of hydrogen-bond acceptors (Lipinski definition) is 6. The Kier molecular flexibility index (Phi) is 4.37. The van der Waals surface area contributed by atoms with Crippen molar-refractivity contribution in [1.29, 1.82) is 0 Å². The maximum atomic E-state index is 7.23. The molecule has 0 amide bonds. The van der Waals surface area contributed by atoms with Gasteiger partial charge in [-0.1, -0.05) is 12.1 Å². The van der Waals surface area contributed by atoms with Crippen molar-refractivity contribution in [2.75, 3.05) is 0 Å². The fourth-order valence-corrected chi connectivity index (χ4v) is 6.03. The van der Waals surface area contributed by atoms with Crippen molar-refractivity contribution < 1.29 is 0 Å². The van der Waals surface area contributed by atoms with Gasteiger partial charge in [-0.15, -0.1) is 21.8 Å². The zero-order valence-corrected chi connectivity index (χ0v) is 18.0. The van der Waals surface area contributed by atoms with Gasteiger partial charge in [-0.2, -0.15) is 4.37 Å². The molecule has 0 saturated heterocycles. The van der Waals surface area contributed by atoms with Gasteiger partial charge < -0.3 is 5.32 Å². The van der Waals surface area contributed by atoms with Crippen molar-refractivity contribution in [2.24, 2.45) is 0 Å². The van der Waals surface area contributed by atoms with Gasteiger partial charge in [-0.3, -0.25) is 9.55 Å². The highest BCUT2D eigenvalue weighted by Crippen LogP contribution is 2.49. The van der Waals surface area contributed by atoms with Gasteiger partial charge in [-0.25, -0.2) is 0 Å². The summed E-state index contributed by atoms with van der Waals surface area (Å²) in [5.41, 5.74) is 4.82. The number of nitrogens with zero attached hydrogens (tertiary/aromatic N) is 5. The molecule has 0 bridgehead atoms. The summed E-state index contributed by atoms with van der Waals surface area (Å²) < 4.78 is 8.00. The van der Waals surface area contributed by atoms with Crippen LogP contribution in [0.4, 0.5) is 0 Å². The van der Waals surface area contributed by atoms with Crippen LogP contribution in [0.2, 0.25) is 0 Å². The highest BCUT2D eigenvalue weighted by molar-refractivity contribution is 7.13. The number of aromatic nitrogens is 5. The van der Waals surface area contributed by atoms with E-state index < -0.39 is 0 Å². The average Bonchev–Trinajstić information content (AvgIpc) is 3.38. The molecule has 1 saturated carbocycles. The molecule has 1 fully saturated rings. The van der Waals surface area contributed by atoms with Crippen LogP contribution in [0.1, 0.15) is 54.2 Å². The Hall–Kier alpha value is -2.35. The smallest absolute Gasteiger partial charge is 0.151 e. The molecular formula is C22H21ClN6S. The van der Waals surface area contributed by atoms with E-state index in [0.717, 1.165) is 50.3 Å². The summed E-state index contributed by atoms with van der Waals surface area (Å²) in [4.78, 5) is 3.90. The van der Waals surface area contributed by atoms with Gasteiger partial charge in [-0.05, 0) is 60.5 Å². The van der Waals surface area contributed by atoms with Crippen molar-refractivity contribution in [2.45, 2.75) is 49.6 Å². The third-order valence-corrected chi connectivity index (χ3v) is 7.95. The fraction of sp³-hybridized carbons (Fsp3) is 0.364. The number of hydrogen-bond donors (Lipinski definition) is 1. The Bertz CT molecular complexity index is 1220. The van der Waals surface area contributed by atoms with E-state index in [1.165, 1.54) is 26.9 Å². The molecule has 0 radical (unpaired) electrons. The number of rotatable bonds is 2. The Morgan fingerprint density at radius 1 is 1.17 bits per heavy atom. The Morgan fingerprint density at radius 3 is 2.97 bits per heavy atom. The first-order valence-electron chi connectivity index (χ1n) is 10.3. The molecule has 6 nitrogen and oxygen atoms in total. The van der Waals surface area contributed by atoms with Crippen LogP contribution in [0.15, 0.2) is 43.0 Å². The lowest BCUT2D eigenvalue weighted by Gasteiger charge is -2.36. The molecule has 2 aliphatic rings. The van der Waals surface area contributed by atoms with Gasteiger partial charge in [0.1, 0.15) is 6.33 Å². The number of pyridine rings is 1. The lowest BCUT2D eigenvalue weighted by molar-refractivity contribution is 0.357. The molecule has 4 heterocycles. The normalized spacial score (nSPS) is 23.7. The van der Waals surface area contributed by atoms with E-state index in [2.05, 4.69) is 49.3 Å². The maximum Gasteiger partial charge on any atom is 0.151 e. The summed E-state index contributed by atoms with van der Waals surface area (Å²) in [6.07, 6.45) is 9.57. The SMILES string of the molecule is ClC1(c2ccc3c(c2)CNCc2nncn2-3)CCC(c2nsc3cnccc23)CC1. The van der Waals surface area contributed by atoms with Crippen molar-refractivity contribution in [3.63, 3.8) is 0 Å². The molecule has 30 heavy (non-hydrogen) atoms. The predicted octanol–water partition coefficient (Wildman–Crippen LogP) is 4.67. The number of benzene rings is 1. The van der Waals surface area contributed by atoms with E-state index in [9.17, 15) is 0 Å². The molecule has 0 atom stereocenters. The minimum Gasteiger partial charge on any atom is -0.306 e. The van der Waals surface area contributed by atoms with E-state index in [1.807, 2.05) is 12.4 Å². The molecule has 6 rings (SSSR count). The van der Waals surface area contributed by atoms with Crippen molar-refractivity contribution in [3.8, 4) is 5.69 Å². The average molecular weight is 437 g/mol. The third-order valence-electron chi connectivity index (χ3n) is 6.54. The molecule has 1 N–H and O–H groups in total. The molecule has 1 aromatic carbocycles. The Labute approximate surface area is 183 Å². The van der Waals surface area contributed by atoms with Crippen LogP contribution in [0, 0.1) is 0 Å². The minimum atomic E-state index is -0.318. The van der Waals surface area contributed by atoms with Crippen LogP contribution in [-0.4, -0.2) is 24.1 Å². The zero-order chi connectivity index (χ0) is 20.1. The van der Waals surface area contributed by atoms with Gasteiger partial charge >= 0.3 is 0 Å². The largest absolute Gasteiger partial charge is 0.306 e. The zero-order valence-electron chi connectivity index (χ0n) is 16.4. The Morgan fingerprint density at radius 2 is 2.07 bits per heavy atom. The topological polar surface area (TPSA) is 68.5 Å². The second kappa shape index (κ2) is 7.11. The van der Waals surface area contributed by atoms with Crippen molar-refractivity contribution in [3.05, 3.63) is 65.6 Å². The number of nitrogens with one attached hydrogen (secondary N) is 1. The molecule has 3 aromatic heterocycles. The Balaban J connectivity index is 1.27. The molecule has 0 unspecified atom stereocenters. The van der Waals surface area contributed by atoms with Gasteiger partial charge in [0, 0.05) is 30.2 Å². The van der Waals surface area contributed by atoms with Crippen LogP contribution in [-0.2, 0) is 18.0 Å². The van der Waals surface area contributed by atoms with Crippen LogP contribution in [0.25, 0.3) is 15.8 Å².